The molecule has 0 aromatic rings. The molecule has 1 heterocycles. The van der Waals surface area contributed by atoms with Crippen molar-refractivity contribution >= 4 is 6.09 Å². The Bertz CT molecular complexity index is 237. The number of nitrogens with zero attached hydrogens (tertiary/aromatic N) is 1. The summed E-state index contributed by atoms with van der Waals surface area (Å²) in [5.74, 6) is 0. The summed E-state index contributed by atoms with van der Waals surface area (Å²) >= 11 is 0. The van der Waals surface area contributed by atoms with Gasteiger partial charge in [-0.05, 0) is 27.2 Å². The van der Waals surface area contributed by atoms with Gasteiger partial charge in [-0.3, -0.25) is 4.90 Å². The second-order valence-corrected chi connectivity index (χ2v) is 4.95. The van der Waals surface area contributed by atoms with Crippen LogP contribution in [0.25, 0.3) is 0 Å². The van der Waals surface area contributed by atoms with Crippen LogP contribution in [-0.2, 0) is 4.74 Å². The van der Waals surface area contributed by atoms with Gasteiger partial charge < -0.3 is 15.6 Å². The van der Waals surface area contributed by atoms with Crippen LogP contribution < -0.4 is 5.73 Å². The first-order chi connectivity index (χ1) is 6.80. The number of carbonyl (C=O) groups excluding carboxylic acids is 1. The van der Waals surface area contributed by atoms with Gasteiger partial charge in [-0.1, -0.05) is 0 Å². The number of hydrogen-bond acceptors (Lipinski definition) is 4. The summed E-state index contributed by atoms with van der Waals surface area (Å²) in [7, 11) is 0. The SMILES string of the molecule is CC(C)(C)N1CC[C@@H](O)[C@@H](OC(N)=O)C1. The van der Waals surface area contributed by atoms with Crippen LogP contribution in [0.4, 0.5) is 4.79 Å². The minimum absolute atomic E-state index is 0.0133. The molecule has 88 valence electrons. The van der Waals surface area contributed by atoms with Gasteiger partial charge >= 0.3 is 6.09 Å². The normalized spacial score (nSPS) is 28.8. The Hall–Kier alpha value is -0.810. The largest absolute Gasteiger partial charge is 0.442 e. The Labute approximate surface area is 90.2 Å². The average Bonchev–Trinajstić information content (AvgIpc) is 2.06. The molecular formula is C10H20N2O3. The number of primary amides is 1. The molecule has 0 spiro atoms. The van der Waals surface area contributed by atoms with Crippen LogP contribution in [0, 0.1) is 0 Å². The fraction of sp³-hybridized carbons (Fsp3) is 0.900. The minimum Gasteiger partial charge on any atom is -0.442 e. The van der Waals surface area contributed by atoms with E-state index >= 15 is 0 Å². The van der Waals surface area contributed by atoms with E-state index in [-0.39, 0.29) is 5.54 Å². The van der Waals surface area contributed by atoms with E-state index in [2.05, 4.69) is 25.7 Å². The Morgan fingerprint density at radius 3 is 2.60 bits per heavy atom. The summed E-state index contributed by atoms with van der Waals surface area (Å²) in [6, 6.07) is 0. The van der Waals surface area contributed by atoms with Crippen LogP contribution in [0.3, 0.4) is 0 Å². The molecule has 5 heteroatoms. The molecule has 0 bridgehead atoms. The van der Waals surface area contributed by atoms with E-state index in [0.717, 1.165) is 6.54 Å². The van der Waals surface area contributed by atoms with Crippen LogP contribution in [0.15, 0.2) is 0 Å². The molecule has 1 saturated heterocycles. The first kappa shape index (κ1) is 12.3. The Morgan fingerprint density at radius 1 is 1.53 bits per heavy atom. The number of nitrogens with two attached hydrogens (primary N) is 1. The van der Waals surface area contributed by atoms with Gasteiger partial charge in [0.25, 0.3) is 0 Å². The highest BCUT2D eigenvalue weighted by atomic mass is 16.6. The zero-order chi connectivity index (χ0) is 11.6. The van der Waals surface area contributed by atoms with E-state index in [0.29, 0.717) is 13.0 Å². The molecule has 1 aliphatic rings. The molecule has 0 aromatic carbocycles. The van der Waals surface area contributed by atoms with Gasteiger partial charge in [-0.2, -0.15) is 0 Å². The number of rotatable bonds is 1. The molecule has 0 saturated carbocycles. The van der Waals surface area contributed by atoms with Crippen LogP contribution in [-0.4, -0.2) is 46.9 Å². The lowest BCUT2D eigenvalue weighted by Gasteiger charge is -2.42. The number of hydrogen-bond donors (Lipinski definition) is 2. The molecule has 2 atom stereocenters. The molecule has 15 heavy (non-hydrogen) atoms. The fourth-order valence-corrected chi connectivity index (χ4v) is 1.78. The van der Waals surface area contributed by atoms with Gasteiger partial charge in [0.15, 0.2) is 0 Å². The highest BCUT2D eigenvalue weighted by molar-refractivity contribution is 5.64. The highest BCUT2D eigenvalue weighted by Gasteiger charge is 2.34. The van der Waals surface area contributed by atoms with E-state index in [1.807, 2.05) is 0 Å². The highest BCUT2D eigenvalue weighted by Crippen LogP contribution is 2.21. The van der Waals surface area contributed by atoms with Crippen molar-refractivity contribution < 1.29 is 14.6 Å². The van der Waals surface area contributed by atoms with Crippen LogP contribution in [0.1, 0.15) is 27.2 Å². The second kappa shape index (κ2) is 4.37. The van der Waals surface area contributed by atoms with Gasteiger partial charge in [0.1, 0.15) is 6.10 Å². The molecular weight excluding hydrogens is 196 g/mol. The fourth-order valence-electron chi connectivity index (χ4n) is 1.78. The van der Waals surface area contributed by atoms with Crippen LogP contribution >= 0.6 is 0 Å². The summed E-state index contributed by atoms with van der Waals surface area (Å²) in [5, 5.41) is 9.64. The van der Waals surface area contributed by atoms with Crippen molar-refractivity contribution in [3.8, 4) is 0 Å². The Balaban J connectivity index is 2.60. The molecule has 5 nitrogen and oxygen atoms in total. The van der Waals surface area contributed by atoms with E-state index in [4.69, 9.17) is 10.5 Å². The maximum Gasteiger partial charge on any atom is 0.404 e. The quantitative estimate of drug-likeness (QED) is 0.661. The van der Waals surface area contributed by atoms with Crippen molar-refractivity contribution in [3.63, 3.8) is 0 Å². The molecule has 0 radical (unpaired) electrons. The van der Waals surface area contributed by atoms with E-state index in [9.17, 15) is 9.90 Å². The van der Waals surface area contributed by atoms with Gasteiger partial charge in [0.05, 0.1) is 6.10 Å². The van der Waals surface area contributed by atoms with Crippen LogP contribution in [0.5, 0.6) is 0 Å². The van der Waals surface area contributed by atoms with Crippen molar-refractivity contribution in [3.05, 3.63) is 0 Å². The lowest BCUT2D eigenvalue weighted by molar-refractivity contribution is -0.0644. The van der Waals surface area contributed by atoms with Crippen molar-refractivity contribution in [2.75, 3.05) is 13.1 Å². The molecule has 1 aliphatic heterocycles. The average molecular weight is 216 g/mol. The number of ether oxygens (including phenoxy) is 1. The smallest absolute Gasteiger partial charge is 0.404 e. The first-order valence-electron chi connectivity index (χ1n) is 5.20. The predicted octanol–water partition coefficient (Wildman–Crippen LogP) is 0.315. The lowest BCUT2D eigenvalue weighted by atomic mass is 9.98. The topological polar surface area (TPSA) is 75.8 Å². The Morgan fingerprint density at radius 2 is 2.13 bits per heavy atom. The van der Waals surface area contributed by atoms with E-state index < -0.39 is 18.3 Å². The molecule has 1 amide bonds. The van der Waals surface area contributed by atoms with Crippen molar-refractivity contribution in [1.82, 2.24) is 4.90 Å². The third-order valence-electron chi connectivity index (χ3n) is 2.74. The summed E-state index contributed by atoms with van der Waals surface area (Å²) < 4.78 is 4.88. The zero-order valence-corrected chi connectivity index (χ0v) is 9.56. The molecule has 1 rings (SSSR count). The maximum atomic E-state index is 10.6. The van der Waals surface area contributed by atoms with Crippen molar-refractivity contribution in [2.45, 2.75) is 44.9 Å². The zero-order valence-electron chi connectivity index (χ0n) is 9.56. The van der Waals surface area contributed by atoms with E-state index in [1.54, 1.807) is 0 Å². The summed E-state index contributed by atoms with van der Waals surface area (Å²) in [6.07, 6.45) is -1.32. The summed E-state index contributed by atoms with van der Waals surface area (Å²) in [5.41, 5.74) is 4.96. The van der Waals surface area contributed by atoms with Crippen LogP contribution in [0.2, 0.25) is 0 Å². The number of aliphatic hydroxyl groups is 1. The van der Waals surface area contributed by atoms with Gasteiger partial charge in [0, 0.05) is 18.6 Å². The van der Waals surface area contributed by atoms with Gasteiger partial charge in [-0.15, -0.1) is 0 Å². The van der Waals surface area contributed by atoms with Gasteiger partial charge in [0.2, 0.25) is 0 Å². The second-order valence-electron chi connectivity index (χ2n) is 4.95. The number of amides is 1. The number of likely N-dealkylation sites (tertiary alicyclic amines) is 1. The van der Waals surface area contributed by atoms with Crippen molar-refractivity contribution in [1.29, 1.82) is 0 Å². The predicted molar refractivity (Wildman–Crippen MR) is 56.4 cm³/mol. The third kappa shape index (κ3) is 3.35. The lowest BCUT2D eigenvalue weighted by Crippen LogP contribution is -2.55. The molecule has 0 aromatic heterocycles. The summed E-state index contributed by atoms with van der Waals surface area (Å²) in [4.78, 5) is 12.8. The number of carbonyl (C=O) groups is 1. The summed E-state index contributed by atoms with van der Waals surface area (Å²) in [6.45, 7) is 7.61. The first-order valence-corrected chi connectivity index (χ1v) is 5.20. The minimum atomic E-state index is -0.824. The molecule has 3 N–H and O–H groups in total. The molecule has 1 fully saturated rings. The Kier molecular flexibility index (Phi) is 3.57. The van der Waals surface area contributed by atoms with E-state index in [1.165, 1.54) is 0 Å². The number of piperidine rings is 1. The van der Waals surface area contributed by atoms with Gasteiger partial charge in [-0.25, -0.2) is 4.79 Å². The third-order valence-corrected chi connectivity index (χ3v) is 2.74. The van der Waals surface area contributed by atoms with Crippen molar-refractivity contribution in [2.24, 2.45) is 5.73 Å². The monoisotopic (exact) mass is 216 g/mol. The molecule has 0 unspecified atom stereocenters. The molecule has 0 aliphatic carbocycles. The maximum absolute atomic E-state index is 10.6. The standard InChI is InChI=1S/C10H20N2O3/c1-10(2,3)12-5-4-7(13)8(6-12)15-9(11)14/h7-8,13H,4-6H2,1-3H3,(H2,11,14)/t7-,8+/m1/s1. The number of aliphatic hydroxyl groups excluding tert-OH is 1.